The van der Waals surface area contributed by atoms with Crippen LogP contribution in [0.15, 0.2) is 24.3 Å². The minimum absolute atomic E-state index is 0.322. The number of ether oxygens (including phenoxy) is 1. The first-order chi connectivity index (χ1) is 9.15. The molecule has 0 amide bonds. The van der Waals surface area contributed by atoms with Crippen LogP contribution in [0, 0.1) is 18.3 Å². The average molecular weight is 272 g/mol. The highest BCUT2D eigenvalue weighted by Gasteiger charge is 2.19. The SMILES string of the molecule is CCOC(=O)c1nc(C)sc1-c1ccc(C#N)cc1. The molecule has 0 aliphatic rings. The van der Waals surface area contributed by atoms with Crippen molar-refractivity contribution in [2.75, 3.05) is 6.61 Å². The van der Waals surface area contributed by atoms with E-state index in [0.717, 1.165) is 15.4 Å². The van der Waals surface area contributed by atoms with Crippen LogP contribution in [0.5, 0.6) is 0 Å². The van der Waals surface area contributed by atoms with Crippen LogP contribution in [0.3, 0.4) is 0 Å². The van der Waals surface area contributed by atoms with Gasteiger partial charge in [-0.3, -0.25) is 0 Å². The number of carbonyl (C=O) groups is 1. The summed E-state index contributed by atoms with van der Waals surface area (Å²) in [5, 5.41) is 9.59. The predicted octanol–water partition coefficient (Wildman–Crippen LogP) is 3.17. The molecule has 4 nitrogen and oxygen atoms in total. The summed E-state index contributed by atoms with van der Waals surface area (Å²) < 4.78 is 5.00. The van der Waals surface area contributed by atoms with E-state index in [-0.39, 0.29) is 0 Å². The maximum absolute atomic E-state index is 11.8. The number of nitriles is 1. The van der Waals surface area contributed by atoms with Crippen molar-refractivity contribution in [2.45, 2.75) is 13.8 Å². The largest absolute Gasteiger partial charge is 0.461 e. The molecule has 0 fully saturated rings. The number of esters is 1. The molecule has 1 heterocycles. The van der Waals surface area contributed by atoms with Crippen LogP contribution in [0.2, 0.25) is 0 Å². The quantitative estimate of drug-likeness (QED) is 0.805. The topological polar surface area (TPSA) is 63.0 Å². The summed E-state index contributed by atoms with van der Waals surface area (Å²) in [6.07, 6.45) is 0. The first-order valence-electron chi connectivity index (χ1n) is 5.80. The van der Waals surface area contributed by atoms with Crippen molar-refractivity contribution in [3.05, 3.63) is 40.5 Å². The summed E-state index contributed by atoms with van der Waals surface area (Å²) in [7, 11) is 0. The van der Waals surface area contributed by atoms with E-state index in [1.807, 2.05) is 19.1 Å². The van der Waals surface area contributed by atoms with Gasteiger partial charge in [-0.1, -0.05) is 12.1 Å². The number of benzene rings is 1. The maximum atomic E-state index is 11.8. The Morgan fingerprint density at radius 1 is 1.42 bits per heavy atom. The Morgan fingerprint density at radius 3 is 2.68 bits per heavy atom. The molecule has 96 valence electrons. The Hall–Kier alpha value is -2.19. The van der Waals surface area contributed by atoms with Gasteiger partial charge in [-0.25, -0.2) is 9.78 Å². The number of aromatic nitrogens is 1. The van der Waals surface area contributed by atoms with E-state index in [9.17, 15) is 4.79 Å². The summed E-state index contributed by atoms with van der Waals surface area (Å²) >= 11 is 1.44. The van der Waals surface area contributed by atoms with E-state index in [1.165, 1.54) is 11.3 Å². The Labute approximate surface area is 115 Å². The van der Waals surface area contributed by atoms with Gasteiger partial charge in [0.2, 0.25) is 0 Å². The molecule has 0 saturated carbocycles. The molecule has 0 spiro atoms. The molecule has 19 heavy (non-hydrogen) atoms. The summed E-state index contributed by atoms with van der Waals surface area (Å²) in [4.78, 5) is 16.9. The van der Waals surface area contributed by atoms with Gasteiger partial charge in [0.05, 0.1) is 28.1 Å². The van der Waals surface area contributed by atoms with E-state index in [0.29, 0.717) is 17.9 Å². The Kier molecular flexibility index (Phi) is 3.93. The van der Waals surface area contributed by atoms with Crippen LogP contribution < -0.4 is 0 Å². The highest BCUT2D eigenvalue weighted by atomic mass is 32.1. The van der Waals surface area contributed by atoms with Crippen LogP contribution >= 0.6 is 11.3 Å². The van der Waals surface area contributed by atoms with Gasteiger partial charge in [0.1, 0.15) is 0 Å². The third-order valence-corrected chi connectivity index (χ3v) is 3.50. The van der Waals surface area contributed by atoms with Crippen molar-refractivity contribution in [3.8, 4) is 16.5 Å². The molecule has 0 unspecified atom stereocenters. The number of hydrogen-bond donors (Lipinski definition) is 0. The van der Waals surface area contributed by atoms with E-state index in [4.69, 9.17) is 10.00 Å². The highest BCUT2D eigenvalue weighted by Crippen LogP contribution is 2.30. The zero-order valence-corrected chi connectivity index (χ0v) is 11.5. The second-order valence-electron chi connectivity index (χ2n) is 3.82. The third kappa shape index (κ3) is 2.80. The van der Waals surface area contributed by atoms with Crippen molar-refractivity contribution in [1.29, 1.82) is 5.26 Å². The fraction of sp³-hybridized carbons (Fsp3) is 0.214. The third-order valence-electron chi connectivity index (χ3n) is 2.48. The number of aryl methyl sites for hydroxylation is 1. The number of hydrogen-bond acceptors (Lipinski definition) is 5. The first kappa shape index (κ1) is 13.2. The molecule has 0 bridgehead atoms. The van der Waals surface area contributed by atoms with Crippen molar-refractivity contribution in [3.63, 3.8) is 0 Å². The van der Waals surface area contributed by atoms with E-state index >= 15 is 0 Å². The van der Waals surface area contributed by atoms with Gasteiger partial charge in [-0.05, 0) is 31.5 Å². The van der Waals surface area contributed by atoms with Gasteiger partial charge in [-0.15, -0.1) is 11.3 Å². The van der Waals surface area contributed by atoms with Crippen molar-refractivity contribution < 1.29 is 9.53 Å². The fourth-order valence-electron chi connectivity index (χ4n) is 1.66. The average Bonchev–Trinajstić information content (AvgIpc) is 2.81. The molecule has 0 aliphatic heterocycles. The lowest BCUT2D eigenvalue weighted by Crippen LogP contribution is -2.06. The first-order valence-corrected chi connectivity index (χ1v) is 6.62. The zero-order chi connectivity index (χ0) is 13.8. The van der Waals surface area contributed by atoms with Gasteiger partial charge in [0, 0.05) is 0 Å². The van der Waals surface area contributed by atoms with E-state index in [1.54, 1.807) is 19.1 Å². The molecular formula is C14H12N2O2S. The van der Waals surface area contributed by atoms with Gasteiger partial charge in [0.25, 0.3) is 0 Å². The molecule has 0 radical (unpaired) electrons. The lowest BCUT2D eigenvalue weighted by molar-refractivity contribution is 0.0521. The second kappa shape index (κ2) is 5.63. The Balaban J connectivity index is 2.43. The molecule has 2 aromatic rings. The molecule has 2 rings (SSSR count). The van der Waals surface area contributed by atoms with E-state index in [2.05, 4.69) is 11.1 Å². The van der Waals surface area contributed by atoms with Crippen LogP contribution in [0.25, 0.3) is 10.4 Å². The number of thiazole rings is 1. The van der Waals surface area contributed by atoms with Gasteiger partial charge in [0.15, 0.2) is 5.69 Å². The Bertz CT molecular complexity index is 638. The second-order valence-corrected chi connectivity index (χ2v) is 5.02. The van der Waals surface area contributed by atoms with Crippen LogP contribution in [-0.4, -0.2) is 17.6 Å². The summed E-state index contributed by atoms with van der Waals surface area (Å²) in [6.45, 7) is 3.93. The van der Waals surface area contributed by atoms with Gasteiger partial charge >= 0.3 is 5.97 Å². The summed E-state index contributed by atoms with van der Waals surface area (Å²) in [5.41, 5.74) is 1.80. The van der Waals surface area contributed by atoms with Crippen LogP contribution in [0.1, 0.15) is 28.0 Å². The standard InChI is InChI=1S/C14H12N2O2S/c1-3-18-14(17)12-13(19-9(2)16-12)11-6-4-10(8-15)5-7-11/h4-7H,3H2,1-2H3. The van der Waals surface area contributed by atoms with Gasteiger partial charge < -0.3 is 4.74 Å². The molecule has 0 saturated heterocycles. The minimum Gasteiger partial charge on any atom is -0.461 e. The number of carbonyl (C=O) groups excluding carboxylic acids is 1. The maximum Gasteiger partial charge on any atom is 0.358 e. The fourth-order valence-corrected chi connectivity index (χ4v) is 2.57. The lowest BCUT2D eigenvalue weighted by atomic mass is 10.1. The van der Waals surface area contributed by atoms with Crippen molar-refractivity contribution >= 4 is 17.3 Å². The monoisotopic (exact) mass is 272 g/mol. The molecule has 5 heteroatoms. The zero-order valence-electron chi connectivity index (χ0n) is 10.6. The molecule has 0 atom stereocenters. The molecule has 0 N–H and O–H groups in total. The van der Waals surface area contributed by atoms with Crippen molar-refractivity contribution in [1.82, 2.24) is 4.98 Å². The predicted molar refractivity (Wildman–Crippen MR) is 73.0 cm³/mol. The van der Waals surface area contributed by atoms with Crippen LogP contribution in [-0.2, 0) is 4.74 Å². The smallest absolute Gasteiger partial charge is 0.358 e. The van der Waals surface area contributed by atoms with Crippen molar-refractivity contribution in [2.24, 2.45) is 0 Å². The number of rotatable bonds is 3. The molecular weight excluding hydrogens is 260 g/mol. The molecule has 1 aromatic heterocycles. The normalized spacial score (nSPS) is 9.95. The minimum atomic E-state index is -0.411. The summed E-state index contributed by atoms with van der Waals surface area (Å²) in [5.74, 6) is -0.411. The Morgan fingerprint density at radius 2 is 2.11 bits per heavy atom. The summed E-state index contributed by atoms with van der Waals surface area (Å²) in [6, 6.07) is 9.14. The number of nitrogens with zero attached hydrogens (tertiary/aromatic N) is 2. The molecule has 1 aromatic carbocycles. The highest BCUT2D eigenvalue weighted by molar-refractivity contribution is 7.15. The van der Waals surface area contributed by atoms with Gasteiger partial charge in [-0.2, -0.15) is 5.26 Å². The lowest BCUT2D eigenvalue weighted by Gasteiger charge is -2.02. The van der Waals surface area contributed by atoms with E-state index < -0.39 is 5.97 Å². The van der Waals surface area contributed by atoms with Crippen LogP contribution in [0.4, 0.5) is 0 Å². The molecule has 0 aliphatic carbocycles.